The van der Waals surface area contributed by atoms with Gasteiger partial charge in [0.25, 0.3) is 5.56 Å². The lowest BCUT2D eigenvalue weighted by Crippen LogP contribution is -2.29. The van der Waals surface area contributed by atoms with Crippen LogP contribution in [-0.2, 0) is 0 Å². The van der Waals surface area contributed by atoms with Gasteiger partial charge in [0, 0.05) is 22.1 Å². The fourth-order valence-corrected chi connectivity index (χ4v) is 4.16. The Morgan fingerprint density at radius 3 is 2.83 bits per heavy atom. The molecule has 1 saturated carbocycles. The minimum absolute atomic E-state index is 0.0207. The molecule has 1 aliphatic heterocycles. The molecule has 1 aliphatic carbocycles. The second kappa shape index (κ2) is 5.64. The summed E-state index contributed by atoms with van der Waals surface area (Å²) in [5.41, 5.74) is 1.18. The number of rotatable bonds is 2. The van der Waals surface area contributed by atoms with E-state index in [4.69, 9.17) is 0 Å². The Morgan fingerprint density at radius 2 is 2.00 bits per heavy atom. The first-order valence-electron chi connectivity index (χ1n) is 7.97. The molecule has 2 heterocycles. The summed E-state index contributed by atoms with van der Waals surface area (Å²) in [6.45, 7) is 0. The summed E-state index contributed by atoms with van der Waals surface area (Å²) in [6.07, 6.45) is 4.36. The normalized spacial score (nSPS) is 22.1. The molecule has 2 aliphatic rings. The fourth-order valence-electron chi connectivity index (χ4n) is 3.76. The Balaban J connectivity index is 1.81. The quantitative estimate of drug-likeness (QED) is 0.816. The van der Waals surface area contributed by atoms with Crippen LogP contribution < -0.4 is 10.9 Å². The van der Waals surface area contributed by atoms with Crippen molar-refractivity contribution in [1.82, 2.24) is 4.57 Å². The van der Waals surface area contributed by atoms with Crippen LogP contribution in [0.1, 0.15) is 47.6 Å². The van der Waals surface area contributed by atoms with Gasteiger partial charge in [0.05, 0.1) is 11.6 Å². The summed E-state index contributed by atoms with van der Waals surface area (Å²) >= 11 is 3.40. The highest BCUT2D eigenvalue weighted by atomic mass is 79.9. The molecule has 4 rings (SSSR count). The number of carbonyl (C=O) groups excluding carboxylic acids is 1. The van der Waals surface area contributed by atoms with Crippen LogP contribution in [0.25, 0.3) is 0 Å². The molecule has 1 fully saturated rings. The summed E-state index contributed by atoms with van der Waals surface area (Å²) in [7, 11) is 0. The van der Waals surface area contributed by atoms with Crippen LogP contribution in [0.4, 0.5) is 5.82 Å². The minimum Gasteiger partial charge on any atom is -0.366 e. The number of carbonyl (C=O) groups is 1. The van der Waals surface area contributed by atoms with Gasteiger partial charge in [-0.15, -0.1) is 0 Å². The van der Waals surface area contributed by atoms with Crippen LogP contribution in [0.2, 0.25) is 0 Å². The van der Waals surface area contributed by atoms with Gasteiger partial charge in [-0.05, 0) is 31.0 Å². The molecule has 0 bridgehead atoms. The number of aromatic nitrogens is 1. The van der Waals surface area contributed by atoms with E-state index >= 15 is 0 Å². The third-order valence-electron chi connectivity index (χ3n) is 4.84. The first-order valence-corrected chi connectivity index (χ1v) is 8.77. The topological polar surface area (TPSA) is 51.1 Å². The molecule has 1 aromatic carbocycles. The number of pyridine rings is 1. The fraction of sp³-hybridized carbons (Fsp3) is 0.333. The van der Waals surface area contributed by atoms with Gasteiger partial charge in [0.2, 0.25) is 0 Å². The van der Waals surface area contributed by atoms with Gasteiger partial charge in [-0.2, -0.15) is 0 Å². The molecule has 0 radical (unpaired) electrons. The van der Waals surface area contributed by atoms with Crippen LogP contribution in [0.15, 0.2) is 45.7 Å². The molecule has 0 saturated heterocycles. The predicted octanol–water partition coefficient (Wildman–Crippen LogP) is 3.75. The van der Waals surface area contributed by atoms with E-state index in [0.29, 0.717) is 16.9 Å². The van der Waals surface area contributed by atoms with Crippen LogP contribution in [0.3, 0.4) is 0 Å². The zero-order valence-electron chi connectivity index (χ0n) is 12.6. The van der Waals surface area contributed by atoms with E-state index in [-0.39, 0.29) is 23.4 Å². The van der Waals surface area contributed by atoms with Gasteiger partial charge in [0.1, 0.15) is 5.82 Å². The van der Waals surface area contributed by atoms with E-state index in [1.165, 1.54) is 12.5 Å². The SMILES string of the molecule is O=C(c1cccc(Br)c1)c1ccc(=O)n2c1N[C@@H]1CCCC[C@@H]12. The molecule has 0 amide bonds. The number of fused-ring (bicyclic) bond motifs is 3. The maximum atomic E-state index is 12.9. The van der Waals surface area contributed by atoms with Gasteiger partial charge >= 0.3 is 0 Å². The summed E-state index contributed by atoms with van der Waals surface area (Å²) in [5, 5.41) is 3.44. The predicted molar refractivity (Wildman–Crippen MR) is 93.2 cm³/mol. The molecule has 118 valence electrons. The zero-order valence-corrected chi connectivity index (χ0v) is 14.2. The van der Waals surface area contributed by atoms with E-state index in [2.05, 4.69) is 21.2 Å². The molecular weight excluding hydrogens is 356 g/mol. The molecule has 5 heteroatoms. The van der Waals surface area contributed by atoms with E-state index in [1.807, 2.05) is 18.2 Å². The highest BCUT2D eigenvalue weighted by Gasteiger charge is 2.36. The van der Waals surface area contributed by atoms with Crippen LogP contribution in [0.5, 0.6) is 0 Å². The van der Waals surface area contributed by atoms with Crippen molar-refractivity contribution in [1.29, 1.82) is 0 Å². The Kier molecular flexibility index (Phi) is 3.60. The van der Waals surface area contributed by atoms with E-state index in [1.54, 1.807) is 16.7 Å². The Bertz CT molecular complexity index is 843. The molecule has 0 unspecified atom stereocenters. The maximum Gasteiger partial charge on any atom is 0.252 e. The molecule has 2 atom stereocenters. The second-order valence-electron chi connectivity index (χ2n) is 6.25. The van der Waals surface area contributed by atoms with Crippen molar-refractivity contribution in [3.63, 3.8) is 0 Å². The second-order valence-corrected chi connectivity index (χ2v) is 7.16. The largest absolute Gasteiger partial charge is 0.366 e. The number of benzene rings is 1. The van der Waals surface area contributed by atoms with Gasteiger partial charge < -0.3 is 5.32 Å². The van der Waals surface area contributed by atoms with Crippen molar-refractivity contribution in [3.05, 3.63) is 62.4 Å². The molecular formula is C18H17BrN2O2. The minimum atomic E-state index is -0.0544. The van der Waals surface area contributed by atoms with Crippen LogP contribution in [0, 0.1) is 0 Å². The third kappa shape index (κ3) is 2.43. The van der Waals surface area contributed by atoms with Gasteiger partial charge in [0.15, 0.2) is 5.78 Å². The van der Waals surface area contributed by atoms with E-state index < -0.39 is 0 Å². The monoisotopic (exact) mass is 372 g/mol. The van der Waals surface area contributed by atoms with Crippen molar-refractivity contribution < 1.29 is 4.79 Å². The number of nitrogens with one attached hydrogen (secondary N) is 1. The number of hydrogen-bond acceptors (Lipinski definition) is 3. The first-order chi connectivity index (χ1) is 11.1. The summed E-state index contributed by atoms with van der Waals surface area (Å²) < 4.78 is 2.67. The molecule has 2 aromatic rings. The van der Waals surface area contributed by atoms with Gasteiger partial charge in [-0.25, -0.2) is 0 Å². The number of ketones is 1. The number of anilines is 1. The summed E-state index contributed by atoms with van der Waals surface area (Å²) in [6, 6.07) is 11.0. The Morgan fingerprint density at radius 1 is 1.17 bits per heavy atom. The molecule has 0 spiro atoms. The summed E-state index contributed by atoms with van der Waals surface area (Å²) in [5.74, 6) is 0.639. The molecule has 1 aromatic heterocycles. The molecule has 1 N–H and O–H groups in total. The van der Waals surface area contributed by atoms with Crippen LogP contribution >= 0.6 is 15.9 Å². The summed E-state index contributed by atoms with van der Waals surface area (Å²) in [4.78, 5) is 25.2. The Hall–Kier alpha value is -1.88. The van der Waals surface area contributed by atoms with Crippen molar-refractivity contribution in [2.75, 3.05) is 5.32 Å². The average Bonchev–Trinajstić information content (AvgIpc) is 2.95. The lowest BCUT2D eigenvalue weighted by atomic mass is 9.91. The van der Waals surface area contributed by atoms with Crippen molar-refractivity contribution in [3.8, 4) is 0 Å². The average molecular weight is 373 g/mol. The van der Waals surface area contributed by atoms with E-state index in [9.17, 15) is 9.59 Å². The number of nitrogens with zero attached hydrogens (tertiary/aromatic N) is 1. The van der Waals surface area contributed by atoms with Crippen molar-refractivity contribution >= 4 is 27.5 Å². The third-order valence-corrected chi connectivity index (χ3v) is 5.33. The molecule has 23 heavy (non-hydrogen) atoms. The standard InChI is InChI=1S/C18H17BrN2O2/c19-12-5-3-4-11(10-12)17(23)13-8-9-16(22)21-15-7-2-1-6-14(15)20-18(13)21/h3-5,8-10,14-15,20H,1-2,6-7H2/t14-,15+/m1/s1. The van der Waals surface area contributed by atoms with Crippen LogP contribution in [-0.4, -0.2) is 16.4 Å². The number of hydrogen-bond donors (Lipinski definition) is 1. The van der Waals surface area contributed by atoms with Crippen molar-refractivity contribution in [2.45, 2.75) is 37.8 Å². The Labute approximate surface area is 142 Å². The smallest absolute Gasteiger partial charge is 0.252 e. The lowest BCUT2D eigenvalue weighted by molar-refractivity contribution is 0.103. The highest BCUT2D eigenvalue weighted by molar-refractivity contribution is 9.10. The maximum absolute atomic E-state index is 12.9. The number of halogens is 1. The van der Waals surface area contributed by atoms with Crippen molar-refractivity contribution in [2.24, 2.45) is 0 Å². The van der Waals surface area contributed by atoms with Gasteiger partial charge in [-0.1, -0.05) is 40.9 Å². The zero-order chi connectivity index (χ0) is 16.0. The highest BCUT2D eigenvalue weighted by Crippen LogP contribution is 2.38. The first kappa shape index (κ1) is 14.7. The van der Waals surface area contributed by atoms with E-state index in [0.717, 1.165) is 23.7 Å². The molecule has 4 nitrogen and oxygen atoms in total. The lowest BCUT2D eigenvalue weighted by Gasteiger charge is -2.25. The van der Waals surface area contributed by atoms with Gasteiger partial charge in [-0.3, -0.25) is 14.2 Å².